The molecule has 1 unspecified atom stereocenters. The molecular weight excluding hydrogens is 254 g/mol. The van der Waals surface area contributed by atoms with Gasteiger partial charge in [0.15, 0.2) is 5.82 Å². The van der Waals surface area contributed by atoms with Crippen LogP contribution in [0.1, 0.15) is 43.1 Å². The second kappa shape index (κ2) is 5.94. The van der Waals surface area contributed by atoms with Gasteiger partial charge in [0, 0.05) is 30.7 Å². The minimum absolute atomic E-state index is 0.0619. The highest BCUT2D eigenvalue weighted by Gasteiger charge is 2.24. The van der Waals surface area contributed by atoms with E-state index in [2.05, 4.69) is 15.1 Å². The fourth-order valence-corrected chi connectivity index (χ4v) is 2.59. The van der Waals surface area contributed by atoms with Gasteiger partial charge in [0.25, 0.3) is 0 Å². The Labute approximate surface area is 117 Å². The molecule has 1 aliphatic carbocycles. The van der Waals surface area contributed by atoms with Crippen molar-refractivity contribution in [3.63, 3.8) is 0 Å². The lowest BCUT2D eigenvalue weighted by atomic mass is 9.86. The summed E-state index contributed by atoms with van der Waals surface area (Å²) >= 11 is 0. The maximum atomic E-state index is 11.8. The number of nitrogens with zero attached hydrogens (tertiary/aromatic N) is 3. The number of Topliss-reactive ketones (excluding diaryl/α,β-unsaturated/α-hetero) is 1. The molecular formula is C15H17N3O2. The summed E-state index contributed by atoms with van der Waals surface area (Å²) in [6, 6.07) is 5.74. The van der Waals surface area contributed by atoms with E-state index in [1.807, 2.05) is 18.2 Å². The molecule has 1 aliphatic rings. The van der Waals surface area contributed by atoms with Crippen molar-refractivity contribution in [3.8, 4) is 0 Å². The Morgan fingerprint density at radius 1 is 1.30 bits per heavy atom. The van der Waals surface area contributed by atoms with Gasteiger partial charge in [-0.05, 0) is 25.0 Å². The van der Waals surface area contributed by atoms with Gasteiger partial charge in [-0.3, -0.25) is 9.78 Å². The van der Waals surface area contributed by atoms with Crippen LogP contribution in [-0.2, 0) is 17.6 Å². The largest absolute Gasteiger partial charge is 0.339 e. The number of carbonyl (C=O) groups is 1. The molecule has 1 saturated carbocycles. The first-order valence-electron chi connectivity index (χ1n) is 7.05. The van der Waals surface area contributed by atoms with Crippen LogP contribution < -0.4 is 0 Å². The number of hydrogen-bond acceptors (Lipinski definition) is 5. The van der Waals surface area contributed by atoms with Crippen LogP contribution in [0.15, 0.2) is 28.9 Å². The third-order valence-corrected chi connectivity index (χ3v) is 3.68. The molecule has 104 valence electrons. The van der Waals surface area contributed by atoms with Crippen molar-refractivity contribution in [2.45, 2.75) is 38.5 Å². The number of rotatable bonds is 4. The maximum absolute atomic E-state index is 11.8. The molecule has 0 aliphatic heterocycles. The predicted octanol–water partition coefficient (Wildman–Crippen LogP) is 2.36. The zero-order valence-corrected chi connectivity index (χ0v) is 11.3. The quantitative estimate of drug-likeness (QED) is 0.853. The summed E-state index contributed by atoms with van der Waals surface area (Å²) in [5, 5.41) is 3.96. The van der Waals surface area contributed by atoms with E-state index in [0.717, 1.165) is 25.0 Å². The van der Waals surface area contributed by atoms with E-state index in [4.69, 9.17) is 4.52 Å². The van der Waals surface area contributed by atoms with Gasteiger partial charge >= 0.3 is 0 Å². The van der Waals surface area contributed by atoms with Crippen molar-refractivity contribution in [1.82, 2.24) is 15.1 Å². The molecule has 20 heavy (non-hydrogen) atoms. The van der Waals surface area contributed by atoms with E-state index in [-0.39, 0.29) is 5.92 Å². The first kappa shape index (κ1) is 13.0. The van der Waals surface area contributed by atoms with Gasteiger partial charge < -0.3 is 4.52 Å². The van der Waals surface area contributed by atoms with E-state index in [1.165, 1.54) is 0 Å². The van der Waals surface area contributed by atoms with Gasteiger partial charge in [0.2, 0.25) is 5.89 Å². The average Bonchev–Trinajstić information content (AvgIpc) is 2.90. The molecule has 0 amide bonds. The molecule has 0 N–H and O–H groups in total. The first-order chi connectivity index (χ1) is 9.81. The fraction of sp³-hybridized carbons (Fsp3) is 0.467. The Balaban J connectivity index is 1.63. The van der Waals surface area contributed by atoms with Crippen LogP contribution in [0, 0.1) is 5.92 Å². The molecule has 1 fully saturated rings. The second-order valence-corrected chi connectivity index (χ2v) is 5.22. The van der Waals surface area contributed by atoms with E-state index in [0.29, 0.717) is 36.8 Å². The molecule has 0 radical (unpaired) electrons. The monoisotopic (exact) mass is 271 g/mol. The Morgan fingerprint density at radius 3 is 3.05 bits per heavy atom. The number of carbonyl (C=O) groups excluding carboxylic acids is 1. The summed E-state index contributed by atoms with van der Waals surface area (Å²) < 4.78 is 5.25. The summed E-state index contributed by atoms with van der Waals surface area (Å²) in [7, 11) is 0. The maximum Gasteiger partial charge on any atom is 0.227 e. The lowest BCUT2D eigenvalue weighted by molar-refractivity contribution is -0.124. The van der Waals surface area contributed by atoms with E-state index >= 15 is 0 Å². The topological polar surface area (TPSA) is 68.9 Å². The van der Waals surface area contributed by atoms with Crippen LogP contribution in [0.25, 0.3) is 0 Å². The predicted molar refractivity (Wildman–Crippen MR) is 72.0 cm³/mol. The van der Waals surface area contributed by atoms with E-state index < -0.39 is 0 Å². The Morgan fingerprint density at radius 2 is 2.25 bits per heavy atom. The molecule has 0 aromatic carbocycles. The zero-order valence-electron chi connectivity index (χ0n) is 11.3. The van der Waals surface area contributed by atoms with Gasteiger partial charge in [-0.2, -0.15) is 4.98 Å². The standard InChI is InChI=1S/C15H17N3O2/c19-13-7-2-1-5-11(13)9-15-17-14(18-20-15)10-12-6-3-4-8-16-12/h3-4,6,8,11H,1-2,5,7,9-10H2. The van der Waals surface area contributed by atoms with Crippen LogP contribution in [0.3, 0.4) is 0 Å². The molecule has 0 bridgehead atoms. The number of hydrogen-bond donors (Lipinski definition) is 0. The van der Waals surface area contributed by atoms with Crippen molar-refractivity contribution in [1.29, 1.82) is 0 Å². The normalized spacial score (nSPS) is 19.2. The first-order valence-corrected chi connectivity index (χ1v) is 7.05. The summed E-state index contributed by atoms with van der Waals surface area (Å²) in [6.45, 7) is 0. The SMILES string of the molecule is O=C1CCCCC1Cc1nc(Cc2ccccn2)no1. The molecule has 1 atom stereocenters. The van der Waals surface area contributed by atoms with E-state index in [1.54, 1.807) is 6.20 Å². The van der Waals surface area contributed by atoms with Gasteiger partial charge in [0.05, 0.1) is 6.42 Å². The molecule has 2 aromatic rings. The lowest BCUT2D eigenvalue weighted by Crippen LogP contribution is -2.21. The Bertz CT molecular complexity index is 580. The molecule has 3 rings (SSSR count). The molecule has 0 spiro atoms. The zero-order chi connectivity index (χ0) is 13.8. The molecule has 0 saturated heterocycles. The second-order valence-electron chi connectivity index (χ2n) is 5.22. The third-order valence-electron chi connectivity index (χ3n) is 3.68. The van der Waals surface area contributed by atoms with Gasteiger partial charge in [0.1, 0.15) is 5.78 Å². The van der Waals surface area contributed by atoms with Crippen molar-refractivity contribution in [3.05, 3.63) is 41.8 Å². The lowest BCUT2D eigenvalue weighted by Gasteiger charge is -2.18. The van der Waals surface area contributed by atoms with Crippen LogP contribution in [0.5, 0.6) is 0 Å². The molecule has 2 heterocycles. The summed E-state index contributed by atoms with van der Waals surface area (Å²) in [5.74, 6) is 1.59. The molecule has 5 nitrogen and oxygen atoms in total. The Hall–Kier alpha value is -2.04. The van der Waals surface area contributed by atoms with Crippen molar-refractivity contribution < 1.29 is 9.32 Å². The van der Waals surface area contributed by atoms with E-state index in [9.17, 15) is 4.79 Å². The average molecular weight is 271 g/mol. The van der Waals surface area contributed by atoms with Crippen LogP contribution in [0.2, 0.25) is 0 Å². The van der Waals surface area contributed by atoms with Crippen molar-refractivity contribution >= 4 is 5.78 Å². The molecule has 5 heteroatoms. The van der Waals surface area contributed by atoms with Crippen LogP contribution in [-0.4, -0.2) is 20.9 Å². The summed E-state index contributed by atoms with van der Waals surface area (Å²) in [4.78, 5) is 20.4. The van der Waals surface area contributed by atoms with Gasteiger partial charge in [-0.25, -0.2) is 0 Å². The number of ketones is 1. The summed E-state index contributed by atoms with van der Waals surface area (Å²) in [6.07, 6.45) is 6.65. The van der Waals surface area contributed by atoms with Gasteiger partial charge in [-0.1, -0.05) is 17.6 Å². The van der Waals surface area contributed by atoms with Gasteiger partial charge in [-0.15, -0.1) is 0 Å². The Kier molecular flexibility index (Phi) is 3.85. The highest BCUT2D eigenvalue weighted by Crippen LogP contribution is 2.23. The highest BCUT2D eigenvalue weighted by atomic mass is 16.5. The third kappa shape index (κ3) is 3.10. The van der Waals surface area contributed by atoms with Crippen LogP contribution in [0.4, 0.5) is 0 Å². The minimum atomic E-state index is 0.0619. The van der Waals surface area contributed by atoms with Crippen molar-refractivity contribution in [2.75, 3.05) is 0 Å². The van der Waals surface area contributed by atoms with Crippen LogP contribution >= 0.6 is 0 Å². The smallest absolute Gasteiger partial charge is 0.227 e. The number of pyridine rings is 1. The number of aromatic nitrogens is 3. The highest BCUT2D eigenvalue weighted by molar-refractivity contribution is 5.81. The molecule has 2 aromatic heterocycles. The fourth-order valence-electron chi connectivity index (χ4n) is 2.59. The van der Waals surface area contributed by atoms with Crippen molar-refractivity contribution in [2.24, 2.45) is 5.92 Å². The minimum Gasteiger partial charge on any atom is -0.339 e. The summed E-state index contributed by atoms with van der Waals surface area (Å²) in [5.41, 5.74) is 0.911.